The van der Waals surface area contributed by atoms with Gasteiger partial charge in [0, 0.05) is 25.0 Å². The highest BCUT2D eigenvalue weighted by molar-refractivity contribution is 6.29. The Kier molecular flexibility index (Phi) is 5.72. The first kappa shape index (κ1) is 13.7. The lowest BCUT2D eigenvalue weighted by Crippen LogP contribution is -2.37. The lowest BCUT2D eigenvalue weighted by molar-refractivity contribution is 0.188. The fraction of sp³-hybridized carbons (Fsp3) is 0.455. The maximum atomic E-state index is 11.8. The van der Waals surface area contributed by atoms with Crippen LogP contribution in [0.5, 0.6) is 0 Å². The normalized spacial score (nSPS) is 10.1. The summed E-state index contributed by atoms with van der Waals surface area (Å²) >= 11 is 5.71. The van der Waals surface area contributed by atoms with Gasteiger partial charge in [-0.15, -0.1) is 0 Å². The van der Waals surface area contributed by atoms with Gasteiger partial charge >= 0.3 is 6.03 Å². The van der Waals surface area contributed by atoms with E-state index in [1.165, 1.54) is 6.20 Å². The molecule has 1 aromatic rings. The van der Waals surface area contributed by atoms with Crippen molar-refractivity contribution in [3.8, 4) is 0 Å². The number of nitrogens with zero attached hydrogens (tertiary/aromatic N) is 2. The van der Waals surface area contributed by atoms with E-state index in [-0.39, 0.29) is 12.6 Å². The zero-order valence-electron chi connectivity index (χ0n) is 9.69. The van der Waals surface area contributed by atoms with Crippen LogP contribution in [0.2, 0.25) is 5.15 Å². The molecule has 0 fully saturated rings. The predicted octanol–water partition coefficient (Wildman–Crippen LogP) is 1.97. The van der Waals surface area contributed by atoms with Crippen LogP contribution in [0.25, 0.3) is 0 Å². The number of carbonyl (C=O) groups excluding carboxylic acids is 1. The monoisotopic (exact) mass is 257 g/mol. The highest BCUT2D eigenvalue weighted by Gasteiger charge is 2.11. The molecule has 0 aliphatic rings. The van der Waals surface area contributed by atoms with E-state index >= 15 is 0 Å². The Morgan fingerprint density at radius 1 is 1.59 bits per heavy atom. The van der Waals surface area contributed by atoms with Gasteiger partial charge in [0.15, 0.2) is 0 Å². The van der Waals surface area contributed by atoms with Crippen molar-refractivity contribution in [1.82, 2.24) is 9.88 Å². The number of pyridine rings is 1. The summed E-state index contributed by atoms with van der Waals surface area (Å²) in [7, 11) is 0. The van der Waals surface area contributed by atoms with Crippen molar-refractivity contribution in [2.45, 2.75) is 13.3 Å². The Labute approximate surface area is 105 Å². The number of hydrogen-bond acceptors (Lipinski definition) is 3. The lowest BCUT2D eigenvalue weighted by atomic mass is 10.4. The van der Waals surface area contributed by atoms with Gasteiger partial charge < -0.3 is 15.3 Å². The van der Waals surface area contributed by atoms with E-state index in [4.69, 9.17) is 16.7 Å². The van der Waals surface area contributed by atoms with E-state index in [9.17, 15) is 4.79 Å². The lowest BCUT2D eigenvalue weighted by Gasteiger charge is -2.21. The van der Waals surface area contributed by atoms with Crippen molar-refractivity contribution < 1.29 is 9.90 Å². The van der Waals surface area contributed by atoms with E-state index in [0.717, 1.165) is 6.42 Å². The van der Waals surface area contributed by atoms with Crippen LogP contribution in [0.1, 0.15) is 13.3 Å². The minimum Gasteiger partial charge on any atom is -0.395 e. The molecule has 1 aromatic heterocycles. The molecule has 0 atom stereocenters. The molecule has 1 heterocycles. The third-order valence-corrected chi connectivity index (χ3v) is 2.34. The van der Waals surface area contributed by atoms with Crippen LogP contribution in [0.3, 0.4) is 0 Å². The molecule has 2 N–H and O–H groups in total. The molecule has 0 aliphatic heterocycles. The summed E-state index contributed by atoms with van der Waals surface area (Å²) in [6.45, 7) is 2.84. The zero-order chi connectivity index (χ0) is 12.7. The van der Waals surface area contributed by atoms with Crippen molar-refractivity contribution >= 4 is 23.3 Å². The number of aliphatic hydroxyl groups is 1. The molecule has 0 saturated heterocycles. The Morgan fingerprint density at radius 2 is 2.35 bits per heavy atom. The Hall–Kier alpha value is -1.33. The summed E-state index contributed by atoms with van der Waals surface area (Å²) in [5.41, 5.74) is 0.592. The van der Waals surface area contributed by atoms with Crippen molar-refractivity contribution in [3.63, 3.8) is 0 Å². The van der Waals surface area contributed by atoms with E-state index in [2.05, 4.69) is 10.3 Å². The Balaban J connectivity index is 2.62. The van der Waals surface area contributed by atoms with Crippen LogP contribution in [-0.2, 0) is 0 Å². The number of nitrogens with one attached hydrogen (secondary N) is 1. The van der Waals surface area contributed by atoms with Crippen LogP contribution < -0.4 is 5.32 Å². The second-order valence-electron chi connectivity index (χ2n) is 3.51. The van der Waals surface area contributed by atoms with Gasteiger partial charge in [-0.3, -0.25) is 0 Å². The molecule has 17 heavy (non-hydrogen) atoms. The standard InChI is InChI=1S/C11H16ClN3O2/c1-2-5-15(6-7-16)11(17)14-9-3-4-13-10(12)8-9/h3-4,8,16H,2,5-7H2,1H3,(H,13,14,17). The molecular formula is C11H16ClN3O2. The van der Waals surface area contributed by atoms with Gasteiger partial charge in [-0.25, -0.2) is 9.78 Å². The van der Waals surface area contributed by atoms with Crippen molar-refractivity contribution in [2.24, 2.45) is 0 Å². The first-order chi connectivity index (χ1) is 8.17. The number of urea groups is 1. The molecule has 0 unspecified atom stereocenters. The molecule has 6 heteroatoms. The maximum Gasteiger partial charge on any atom is 0.321 e. The molecule has 0 aliphatic carbocycles. The van der Waals surface area contributed by atoms with Gasteiger partial charge in [-0.1, -0.05) is 18.5 Å². The fourth-order valence-electron chi connectivity index (χ4n) is 1.39. The number of aliphatic hydroxyl groups excluding tert-OH is 1. The van der Waals surface area contributed by atoms with Gasteiger partial charge in [-0.05, 0) is 18.6 Å². The molecule has 0 radical (unpaired) electrons. The molecule has 0 spiro atoms. The number of aromatic nitrogens is 1. The first-order valence-corrected chi connectivity index (χ1v) is 5.83. The molecule has 0 bridgehead atoms. The first-order valence-electron chi connectivity index (χ1n) is 5.45. The molecule has 0 aromatic carbocycles. The SMILES string of the molecule is CCCN(CCO)C(=O)Nc1ccnc(Cl)c1. The van der Waals surface area contributed by atoms with Gasteiger partial charge in [0.1, 0.15) is 5.15 Å². The van der Waals surface area contributed by atoms with E-state index in [0.29, 0.717) is 23.9 Å². The van der Waals surface area contributed by atoms with Crippen LogP contribution in [0, 0.1) is 0 Å². The summed E-state index contributed by atoms with van der Waals surface area (Å²) in [6.07, 6.45) is 2.36. The minimum atomic E-state index is -0.247. The van der Waals surface area contributed by atoms with Crippen molar-refractivity contribution in [1.29, 1.82) is 0 Å². The Morgan fingerprint density at radius 3 is 2.94 bits per heavy atom. The number of amides is 2. The molecule has 94 valence electrons. The summed E-state index contributed by atoms with van der Waals surface area (Å²) in [5.74, 6) is 0. The minimum absolute atomic E-state index is 0.0511. The largest absolute Gasteiger partial charge is 0.395 e. The van der Waals surface area contributed by atoms with Gasteiger partial charge in [0.25, 0.3) is 0 Å². The molecular weight excluding hydrogens is 242 g/mol. The second-order valence-corrected chi connectivity index (χ2v) is 3.90. The molecule has 1 rings (SSSR count). The maximum absolute atomic E-state index is 11.8. The average Bonchev–Trinajstić information content (AvgIpc) is 2.28. The highest BCUT2D eigenvalue weighted by Crippen LogP contribution is 2.12. The van der Waals surface area contributed by atoms with Crippen LogP contribution in [0.15, 0.2) is 18.3 Å². The van der Waals surface area contributed by atoms with Crippen LogP contribution in [-0.4, -0.2) is 40.7 Å². The van der Waals surface area contributed by atoms with Gasteiger partial charge in [0.05, 0.1) is 6.61 Å². The van der Waals surface area contributed by atoms with E-state index < -0.39 is 0 Å². The summed E-state index contributed by atoms with van der Waals surface area (Å²) in [5, 5.41) is 11.9. The van der Waals surface area contributed by atoms with E-state index in [1.807, 2.05) is 6.92 Å². The smallest absolute Gasteiger partial charge is 0.321 e. The summed E-state index contributed by atoms with van der Waals surface area (Å²) in [6, 6.07) is 2.98. The number of halogens is 1. The number of carbonyl (C=O) groups is 1. The highest BCUT2D eigenvalue weighted by atomic mass is 35.5. The Bertz CT molecular complexity index is 367. The zero-order valence-corrected chi connectivity index (χ0v) is 10.4. The quantitative estimate of drug-likeness (QED) is 0.793. The van der Waals surface area contributed by atoms with E-state index in [1.54, 1.807) is 17.0 Å². The van der Waals surface area contributed by atoms with Crippen LogP contribution >= 0.6 is 11.6 Å². The predicted molar refractivity (Wildman–Crippen MR) is 67.2 cm³/mol. The topological polar surface area (TPSA) is 65.5 Å². The van der Waals surface area contributed by atoms with Crippen molar-refractivity contribution in [3.05, 3.63) is 23.5 Å². The third kappa shape index (κ3) is 4.58. The summed E-state index contributed by atoms with van der Waals surface area (Å²) < 4.78 is 0. The summed E-state index contributed by atoms with van der Waals surface area (Å²) in [4.78, 5) is 17.2. The molecule has 0 saturated carbocycles. The van der Waals surface area contributed by atoms with Gasteiger partial charge in [-0.2, -0.15) is 0 Å². The number of rotatable bonds is 5. The average molecular weight is 258 g/mol. The number of anilines is 1. The van der Waals surface area contributed by atoms with Gasteiger partial charge in [0.2, 0.25) is 0 Å². The fourth-order valence-corrected chi connectivity index (χ4v) is 1.56. The van der Waals surface area contributed by atoms with Crippen molar-refractivity contribution in [2.75, 3.05) is 25.0 Å². The van der Waals surface area contributed by atoms with Crippen LogP contribution in [0.4, 0.5) is 10.5 Å². The second kappa shape index (κ2) is 7.09. The number of hydrogen-bond donors (Lipinski definition) is 2. The molecule has 2 amide bonds. The third-order valence-electron chi connectivity index (χ3n) is 2.13. The molecule has 5 nitrogen and oxygen atoms in total.